The second-order valence-corrected chi connectivity index (χ2v) is 9.35. The summed E-state index contributed by atoms with van der Waals surface area (Å²) < 4.78 is 11.8. The molecule has 0 unspecified atom stereocenters. The second kappa shape index (κ2) is 13.1. The molecule has 0 aliphatic carbocycles. The molecule has 0 aliphatic rings. The number of nitrogens with zero attached hydrogens (tertiary/aromatic N) is 4. The Balaban J connectivity index is 1.18. The molecule has 0 saturated carbocycles. The van der Waals surface area contributed by atoms with Crippen molar-refractivity contribution in [2.24, 2.45) is 20.5 Å². The molecule has 0 aromatic heterocycles. The number of hydrogen-bond acceptors (Lipinski definition) is 6. The minimum Gasteiger partial charge on any atom is -0.489 e. The minimum absolute atomic E-state index is 0.442. The molecule has 0 heterocycles. The molecule has 0 radical (unpaired) electrons. The Bertz CT molecular complexity index is 1600. The maximum absolute atomic E-state index is 5.93. The van der Waals surface area contributed by atoms with Gasteiger partial charge in [0.2, 0.25) is 0 Å². The SMILES string of the molecule is Cc1cc(OCc2ccccc2)ccc1N=Nc1cc(CN=Nc2ccc(Oc3ccccc3)cc2)ccc1C. The van der Waals surface area contributed by atoms with E-state index in [-0.39, 0.29) is 0 Å². The zero-order valence-electron chi connectivity index (χ0n) is 22.6. The summed E-state index contributed by atoms with van der Waals surface area (Å²) in [5.41, 5.74) is 6.55. The van der Waals surface area contributed by atoms with E-state index in [9.17, 15) is 0 Å². The van der Waals surface area contributed by atoms with Crippen LogP contribution in [0.1, 0.15) is 22.3 Å². The highest BCUT2D eigenvalue weighted by Gasteiger charge is 2.04. The molecule has 0 spiro atoms. The maximum atomic E-state index is 5.93. The van der Waals surface area contributed by atoms with Gasteiger partial charge in [-0.05, 0) is 96.8 Å². The van der Waals surface area contributed by atoms with Gasteiger partial charge in [-0.25, -0.2) is 0 Å². The Hall–Kier alpha value is -5.10. The number of azo groups is 2. The average molecular weight is 527 g/mol. The van der Waals surface area contributed by atoms with Gasteiger partial charge >= 0.3 is 0 Å². The van der Waals surface area contributed by atoms with Crippen LogP contribution < -0.4 is 9.47 Å². The van der Waals surface area contributed by atoms with Crippen LogP contribution >= 0.6 is 0 Å². The Morgan fingerprint density at radius 2 is 1.20 bits per heavy atom. The lowest BCUT2D eigenvalue weighted by Crippen LogP contribution is -1.95. The van der Waals surface area contributed by atoms with Gasteiger partial charge in [0.15, 0.2) is 0 Å². The van der Waals surface area contributed by atoms with Crippen LogP contribution in [0.25, 0.3) is 0 Å². The molecule has 6 nitrogen and oxygen atoms in total. The van der Waals surface area contributed by atoms with Crippen molar-refractivity contribution in [3.8, 4) is 17.2 Å². The third-order valence-corrected chi connectivity index (χ3v) is 6.21. The van der Waals surface area contributed by atoms with E-state index in [0.29, 0.717) is 13.2 Å². The average Bonchev–Trinajstić information content (AvgIpc) is 2.99. The number of rotatable bonds is 10. The maximum Gasteiger partial charge on any atom is 0.127 e. The topological polar surface area (TPSA) is 67.9 Å². The number of hydrogen-bond donors (Lipinski definition) is 0. The summed E-state index contributed by atoms with van der Waals surface area (Å²) in [6.45, 7) is 5.00. The first-order valence-electron chi connectivity index (χ1n) is 13.1. The number of benzene rings is 5. The third-order valence-electron chi connectivity index (χ3n) is 6.21. The monoisotopic (exact) mass is 526 g/mol. The lowest BCUT2D eigenvalue weighted by Gasteiger charge is -2.08. The van der Waals surface area contributed by atoms with Gasteiger partial charge in [-0.2, -0.15) is 20.5 Å². The number of aryl methyl sites for hydroxylation is 2. The van der Waals surface area contributed by atoms with Crippen molar-refractivity contribution in [1.82, 2.24) is 0 Å². The highest BCUT2D eigenvalue weighted by atomic mass is 16.5. The number of para-hydroxylation sites is 1. The quantitative estimate of drug-likeness (QED) is 0.170. The van der Waals surface area contributed by atoms with Gasteiger partial charge in [-0.15, -0.1) is 0 Å². The van der Waals surface area contributed by atoms with Gasteiger partial charge in [0.25, 0.3) is 0 Å². The van der Waals surface area contributed by atoms with Crippen LogP contribution in [0, 0.1) is 13.8 Å². The van der Waals surface area contributed by atoms with Gasteiger partial charge < -0.3 is 9.47 Å². The van der Waals surface area contributed by atoms with Crippen LogP contribution in [-0.4, -0.2) is 0 Å². The highest BCUT2D eigenvalue weighted by molar-refractivity contribution is 5.51. The van der Waals surface area contributed by atoms with Crippen LogP contribution in [-0.2, 0) is 13.2 Å². The molecule has 5 aromatic rings. The standard InChI is InChI=1S/C34H30N4O2/c1-25-13-14-28(23-35-36-29-15-17-31(18-16-29)40-30-11-7-4-8-12-30)22-34(25)38-37-33-20-19-32(21-26(33)2)39-24-27-9-5-3-6-10-27/h3-22H,23-24H2,1-2H3. The molecule has 0 bridgehead atoms. The molecule has 6 heteroatoms. The van der Waals surface area contributed by atoms with E-state index in [1.54, 1.807) is 0 Å². The molecule has 0 fully saturated rings. The van der Waals surface area contributed by atoms with Crippen molar-refractivity contribution in [2.45, 2.75) is 27.0 Å². The smallest absolute Gasteiger partial charge is 0.127 e. The highest BCUT2D eigenvalue weighted by Crippen LogP contribution is 2.29. The van der Waals surface area contributed by atoms with E-state index in [1.165, 1.54) is 0 Å². The third kappa shape index (κ3) is 7.48. The molecule has 0 N–H and O–H groups in total. The molecule has 5 aromatic carbocycles. The van der Waals surface area contributed by atoms with Gasteiger partial charge in [-0.3, -0.25) is 0 Å². The summed E-state index contributed by atoms with van der Waals surface area (Å²) in [4.78, 5) is 0. The van der Waals surface area contributed by atoms with E-state index < -0.39 is 0 Å². The summed E-state index contributed by atoms with van der Waals surface area (Å²) in [5.74, 6) is 2.36. The fourth-order valence-electron chi connectivity index (χ4n) is 3.94. The Labute approximate surface area is 234 Å². The van der Waals surface area contributed by atoms with Crippen molar-refractivity contribution in [3.05, 3.63) is 144 Å². The normalized spacial score (nSPS) is 11.2. The molecule has 198 valence electrons. The zero-order chi connectivity index (χ0) is 27.6. The summed E-state index contributed by atoms with van der Waals surface area (Å²) in [5, 5.41) is 17.8. The van der Waals surface area contributed by atoms with Gasteiger partial charge in [0, 0.05) is 0 Å². The fraction of sp³-hybridized carbons (Fsp3) is 0.118. The summed E-state index contributed by atoms with van der Waals surface area (Å²) in [6.07, 6.45) is 0. The van der Waals surface area contributed by atoms with Gasteiger partial charge in [0.1, 0.15) is 23.9 Å². The van der Waals surface area contributed by atoms with E-state index in [4.69, 9.17) is 9.47 Å². The molecular weight excluding hydrogens is 496 g/mol. The summed E-state index contributed by atoms with van der Waals surface area (Å²) >= 11 is 0. The molecular formula is C34H30N4O2. The lowest BCUT2D eigenvalue weighted by molar-refractivity contribution is 0.306. The first-order valence-corrected chi connectivity index (χ1v) is 13.1. The summed E-state index contributed by atoms with van der Waals surface area (Å²) in [7, 11) is 0. The second-order valence-electron chi connectivity index (χ2n) is 9.35. The van der Waals surface area contributed by atoms with Crippen LogP contribution in [0.4, 0.5) is 17.1 Å². The van der Waals surface area contributed by atoms with Crippen LogP contribution in [0.5, 0.6) is 17.2 Å². The molecule has 0 saturated heterocycles. The van der Waals surface area contributed by atoms with Crippen molar-refractivity contribution >= 4 is 17.1 Å². The Morgan fingerprint density at radius 3 is 1.95 bits per heavy atom. The Kier molecular flexibility index (Phi) is 8.69. The largest absolute Gasteiger partial charge is 0.489 e. The zero-order valence-corrected chi connectivity index (χ0v) is 22.6. The first-order chi connectivity index (χ1) is 19.6. The molecule has 40 heavy (non-hydrogen) atoms. The Morgan fingerprint density at radius 1 is 0.525 bits per heavy atom. The first kappa shape index (κ1) is 26.5. The molecule has 0 amide bonds. The van der Waals surface area contributed by atoms with Gasteiger partial charge in [-0.1, -0.05) is 60.7 Å². The van der Waals surface area contributed by atoms with Crippen molar-refractivity contribution < 1.29 is 9.47 Å². The number of ether oxygens (including phenoxy) is 2. The van der Waals surface area contributed by atoms with Crippen LogP contribution in [0.2, 0.25) is 0 Å². The predicted octanol–water partition coefficient (Wildman–Crippen LogP) is 10.4. The molecule has 0 atom stereocenters. The minimum atomic E-state index is 0.442. The van der Waals surface area contributed by atoms with Crippen LogP contribution in [0.15, 0.2) is 142 Å². The van der Waals surface area contributed by atoms with E-state index >= 15 is 0 Å². The van der Waals surface area contributed by atoms with Gasteiger partial charge in [0.05, 0.1) is 23.6 Å². The van der Waals surface area contributed by atoms with E-state index in [0.717, 1.165) is 56.6 Å². The van der Waals surface area contributed by atoms with E-state index in [2.05, 4.69) is 20.5 Å². The van der Waals surface area contributed by atoms with Crippen molar-refractivity contribution in [1.29, 1.82) is 0 Å². The lowest BCUT2D eigenvalue weighted by atomic mass is 10.1. The summed E-state index contributed by atoms with van der Waals surface area (Å²) in [6, 6.07) is 39.2. The van der Waals surface area contributed by atoms with Crippen molar-refractivity contribution in [3.63, 3.8) is 0 Å². The van der Waals surface area contributed by atoms with Crippen molar-refractivity contribution in [2.75, 3.05) is 0 Å². The molecule has 5 rings (SSSR count). The van der Waals surface area contributed by atoms with E-state index in [1.807, 2.05) is 135 Å². The molecule has 0 aliphatic heterocycles. The fourth-order valence-corrected chi connectivity index (χ4v) is 3.94. The van der Waals surface area contributed by atoms with Crippen LogP contribution in [0.3, 0.4) is 0 Å². The predicted molar refractivity (Wildman–Crippen MR) is 158 cm³/mol.